The van der Waals surface area contributed by atoms with Gasteiger partial charge in [-0.15, -0.1) is 0 Å². The number of methoxy groups -OCH3 is 1. The Kier molecular flexibility index (Phi) is 5.42. The van der Waals surface area contributed by atoms with E-state index in [-0.39, 0.29) is 5.88 Å². The minimum Gasteiger partial charge on any atom is -0.493 e. The molecule has 0 saturated carbocycles. The van der Waals surface area contributed by atoms with E-state index in [2.05, 4.69) is 27.6 Å². The summed E-state index contributed by atoms with van der Waals surface area (Å²) in [4.78, 5) is 15.1. The second-order valence-corrected chi connectivity index (χ2v) is 5.61. The molecule has 1 amide bonds. The summed E-state index contributed by atoms with van der Waals surface area (Å²) in [6.45, 7) is 0.333. The van der Waals surface area contributed by atoms with E-state index in [0.29, 0.717) is 35.8 Å². The van der Waals surface area contributed by atoms with Gasteiger partial charge in [0.2, 0.25) is 17.7 Å². The van der Waals surface area contributed by atoms with E-state index in [1.807, 2.05) is 0 Å². The Morgan fingerprint density at radius 1 is 1.36 bits per heavy atom. The van der Waals surface area contributed by atoms with Crippen LogP contribution in [0.25, 0.3) is 0 Å². The molecule has 2 aromatic rings. The van der Waals surface area contributed by atoms with Gasteiger partial charge in [-0.05, 0) is 46.9 Å². The van der Waals surface area contributed by atoms with Crippen LogP contribution in [0.2, 0.25) is 0 Å². The van der Waals surface area contributed by atoms with Crippen LogP contribution in [0, 0.1) is 3.57 Å². The van der Waals surface area contributed by atoms with E-state index < -0.39 is 5.91 Å². The number of hydrogen-bond acceptors (Lipinski definition) is 5. The van der Waals surface area contributed by atoms with E-state index in [1.54, 1.807) is 30.3 Å². The third-order valence-corrected chi connectivity index (χ3v) is 3.88. The van der Waals surface area contributed by atoms with E-state index in [0.717, 1.165) is 3.57 Å². The van der Waals surface area contributed by atoms with Crippen LogP contribution in [0.5, 0.6) is 17.5 Å². The molecule has 0 unspecified atom stereocenters. The molecule has 0 bridgehead atoms. The SMILES string of the molecule is COc1ccc(CCOc2cc(C(N)=O)ccc2I)c(O)n1. The zero-order chi connectivity index (χ0) is 16.1. The molecule has 0 fully saturated rings. The van der Waals surface area contributed by atoms with Crippen LogP contribution in [-0.4, -0.2) is 29.7 Å². The fourth-order valence-corrected chi connectivity index (χ4v) is 2.30. The lowest BCUT2D eigenvalue weighted by atomic mass is 10.2. The number of halogens is 1. The Morgan fingerprint density at radius 2 is 2.14 bits per heavy atom. The number of benzene rings is 1. The van der Waals surface area contributed by atoms with Gasteiger partial charge in [0.15, 0.2) is 0 Å². The first-order chi connectivity index (χ1) is 10.5. The molecule has 0 spiro atoms. The van der Waals surface area contributed by atoms with E-state index in [9.17, 15) is 9.90 Å². The molecule has 116 valence electrons. The zero-order valence-electron chi connectivity index (χ0n) is 11.9. The highest BCUT2D eigenvalue weighted by atomic mass is 127. The minimum absolute atomic E-state index is 0.0801. The molecule has 0 aliphatic carbocycles. The molecular weight excluding hydrogens is 399 g/mol. The lowest BCUT2D eigenvalue weighted by Gasteiger charge is -2.10. The van der Waals surface area contributed by atoms with Crippen LogP contribution in [0.3, 0.4) is 0 Å². The molecule has 7 heteroatoms. The van der Waals surface area contributed by atoms with Crippen LogP contribution in [-0.2, 0) is 6.42 Å². The van der Waals surface area contributed by atoms with E-state index >= 15 is 0 Å². The molecule has 6 nitrogen and oxygen atoms in total. The monoisotopic (exact) mass is 414 g/mol. The molecule has 3 N–H and O–H groups in total. The van der Waals surface area contributed by atoms with Crippen molar-refractivity contribution < 1.29 is 19.4 Å². The molecule has 0 atom stereocenters. The number of pyridine rings is 1. The summed E-state index contributed by atoms with van der Waals surface area (Å²) >= 11 is 2.12. The number of amides is 1. The predicted octanol–water partition coefficient (Wildman–Crippen LogP) is 2.12. The average molecular weight is 414 g/mol. The van der Waals surface area contributed by atoms with Gasteiger partial charge in [-0.3, -0.25) is 4.79 Å². The maximum absolute atomic E-state index is 11.2. The minimum atomic E-state index is -0.502. The number of ether oxygens (including phenoxy) is 2. The van der Waals surface area contributed by atoms with Crippen LogP contribution >= 0.6 is 22.6 Å². The standard InChI is InChI=1S/C15H15IN2O4/c1-21-13-5-3-9(15(20)18-13)6-7-22-12-8-10(14(17)19)2-4-11(12)16/h2-5,8H,6-7H2,1H3,(H2,17,19)(H,18,20). The van der Waals surface area contributed by atoms with Crippen molar-refractivity contribution in [2.45, 2.75) is 6.42 Å². The Hall–Kier alpha value is -2.03. The molecule has 1 aromatic carbocycles. The van der Waals surface area contributed by atoms with E-state index in [4.69, 9.17) is 15.2 Å². The van der Waals surface area contributed by atoms with Crippen molar-refractivity contribution in [2.75, 3.05) is 13.7 Å². The Labute approximate surface area is 141 Å². The molecule has 1 heterocycles. The number of carbonyl (C=O) groups is 1. The highest BCUT2D eigenvalue weighted by molar-refractivity contribution is 14.1. The van der Waals surface area contributed by atoms with Crippen molar-refractivity contribution in [3.8, 4) is 17.5 Å². The smallest absolute Gasteiger partial charge is 0.248 e. The van der Waals surface area contributed by atoms with Crippen LogP contribution in [0.15, 0.2) is 30.3 Å². The molecule has 2 rings (SSSR count). The normalized spacial score (nSPS) is 10.3. The Bertz CT molecular complexity index is 691. The first kappa shape index (κ1) is 16.3. The number of rotatable bonds is 6. The fraction of sp³-hybridized carbons (Fsp3) is 0.200. The molecule has 0 radical (unpaired) electrons. The van der Waals surface area contributed by atoms with Crippen LogP contribution < -0.4 is 15.2 Å². The van der Waals surface area contributed by atoms with Crippen LogP contribution in [0.1, 0.15) is 15.9 Å². The maximum atomic E-state index is 11.2. The number of aromatic nitrogens is 1. The van der Waals surface area contributed by atoms with Crippen molar-refractivity contribution in [3.05, 3.63) is 45.0 Å². The van der Waals surface area contributed by atoms with E-state index in [1.165, 1.54) is 7.11 Å². The number of primary amides is 1. The number of nitrogens with two attached hydrogens (primary N) is 1. The third kappa shape index (κ3) is 4.00. The lowest BCUT2D eigenvalue weighted by Crippen LogP contribution is -2.11. The summed E-state index contributed by atoms with van der Waals surface area (Å²) < 4.78 is 11.5. The molecule has 0 aliphatic heterocycles. The average Bonchev–Trinajstić information content (AvgIpc) is 2.50. The van der Waals surface area contributed by atoms with Crippen molar-refractivity contribution in [1.29, 1.82) is 0 Å². The summed E-state index contributed by atoms with van der Waals surface area (Å²) in [5.74, 6) is 0.352. The summed E-state index contributed by atoms with van der Waals surface area (Å²) in [6, 6.07) is 8.43. The number of nitrogens with zero attached hydrogens (tertiary/aromatic N) is 1. The largest absolute Gasteiger partial charge is 0.493 e. The number of carbonyl (C=O) groups excluding carboxylic acids is 1. The molecular formula is C15H15IN2O4. The van der Waals surface area contributed by atoms with Gasteiger partial charge in [0.05, 0.1) is 17.3 Å². The first-order valence-corrected chi connectivity index (χ1v) is 7.54. The van der Waals surface area contributed by atoms with Crippen molar-refractivity contribution in [3.63, 3.8) is 0 Å². The van der Waals surface area contributed by atoms with Crippen molar-refractivity contribution in [2.24, 2.45) is 5.73 Å². The van der Waals surface area contributed by atoms with Gasteiger partial charge in [0.25, 0.3) is 0 Å². The second kappa shape index (κ2) is 7.30. The maximum Gasteiger partial charge on any atom is 0.248 e. The molecule has 0 aliphatic rings. The van der Waals surface area contributed by atoms with Gasteiger partial charge in [0, 0.05) is 23.6 Å². The highest BCUT2D eigenvalue weighted by Crippen LogP contribution is 2.23. The van der Waals surface area contributed by atoms with Crippen LogP contribution in [0.4, 0.5) is 0 Å². The van der Waals surface area contributed by atoms with Gasteiger partial charge in [-0.2, -0.15) is 4.98 Å². The third-order valence-electron chi connectivity index (χ3n) is 2.98. The molecule has 22 heavy (non-hydrogen) atoms. The Morgan fingerprint density at radius 3 is 2.77 bits per heavy atom. The lowest BCUT2D eigenvalue weighted by molar-refractivity contribution is 0.1000. The number of hydrogen-bond donors (Lipinski definition) is 2. The number of aromatic hydroxyl groups is 1. The van der Waals surface area contributed by atoms with Gasteiger partial charge in [-0.1, -0.05) is 0 Å². The summed E-state index contributed by atoms with van der Waals surface area (Å²) in [5, 5.41) is 9.78. The quantitative estimate of drug-likeness (QED) is 0.707. The van der Waals surface area contributed by atoms with Gasteiger partial charge < -0.3 is 20.3 Å². The highest BCUT2D eigenvalue weighted by Gasteiger charge is 2.08. The van der Waals surface area contributed by atoms with Crippen molar-refractivity contribution >= 4 is 28.5 Å². The van der Waals surface area contributed by atoms with Gasteiger partial charge >= 0.3 is 0 Å². The topological polar surface area (TPSA) is 94.7 Å². The second-order valence-electron chi connectivity index (χ2n) is 4.44. The van der Waals surface area contributed by atoms with Crippen molar-refractivity contribution in [1.82, 2.24) is 4.98 Å². The molecule has 1 aromatic heterocycles. The predicted molar refractivity (Wildman–Crippen MR) is 89.3 cm³/mol. The summed E-state index contributed by atoms with van der Waals surface area (Å²) in [7, 11) is 1.48. The Balaban J connectivity index is 2.02. The first-order valence-electron chi connectivity index (χ1n) is 6.46. The molecule has 0 saturated heterocycles. The zero-order valence-corrected chi connectivity index (χ0v) is 14.0. The van der Waals surface area contributed by atoms with Gasteiger partial charge in [-0.25, -0.2) is 0 Å². The summed E-state index contributed by atoms with van der Waals surface area (Å²) in [5.41, 5.74) is 6.30. The fourth-order valence-electron chi connectivity index (χ4n) is 1.81. The summed E-state index contributed by atoms with van der Waals surface area (Å²) in [6.07, 6.45) is 0.472. The van der Waals surface area contributed by atoms with Gasteiger partial charge in [0.1, 0.15) is 5.75 Å².